The molecule has 1 atom stereocenters. The van der Waals surface area contributed by atoms with Gasteiger partial charge in [0.25, 0.3) is 0 Å². The summed E-state index contributed by atoms with van der Waals surface area (Å²) in [4.78, 5) is 0. The van der Waals surface area contributed by atoms with Crippen molar-refractivity contribution in [3.63, 3.8) is 0 Å². The molecule has 18 heavy (non-hydrogen) atoms. The summed E-state index contributed by atoms with van der Waals surface area (Å²) in [7, 11) is 0. The SMILES string of the molecule is CSCCNCC(O)COc1cccc(C#N)c1. The quantitative estimate of drug-likeness (QED) is 0.693. The van der Waals surface area contributed by atoms with Gasteiger partial charge in [-0.1, -0.05) is 6.07 Å². The molecule has 0 bridgehead atoms. The van der Waals surface area contributed by atoms with E-state index < -0.39 is 6.10 Å². The van der Waals surface area contributed by atoms with E-state index in [2.05, 4.69) is 5.32 Å². The van der Waals surface area contributed by atoms with Crippen molar-refractivity contribution in [3.05, 3.63) is 29.8 Å². The minimum Gasteiger partial charge on any atom is -0.491 e. The van der Waals surface area contributed by atoms with E-state index in [0.29, 0.717) is 17.9 Å². The third-order valence-corrected chi connectivity index (χ3v) is 2.88. The van der Waals surface area contributed by atoms with Crippen molar-refractivity contribution in [2.45, 2.75) is 6.10 Å². The van der Waals surface area contributed by atoms with Gasteiger partial charge in [-0.15, -0.1) is 0 Å². The second-order valence-corrected chi connectivity index (χ2v) is 4.79. The maximum atomic E-state index is 9.68. The van der Waals surface area contributed by atoms with Crippen molar-refractivity contribution in [1.82, 2.24) is 5.32 Å². The van der Waals surface area contributed by atoms with Crippen molar-refractivity contribution in [2.75, 3.05) is 31.7 Å². The fraction of sp³-hybridized carbons (Fsp3) is 0.462. The number of ether oxygens (including phenoxy) is 1. The van der Waals surface area contributed by atoms with Gasteiger partial charge >= 0.3 is 0 Å². The summed E-state index contributed by atoms with van der Waals surface area (Å²) < 4.78 is 5.42. The van der Waals surface area contributed by atoms with Crippen LogP contribution in [0.25, 0.3) is 0 Å². The second kappa shape index (κ2) is 8.81. The third kappa shape index (κ3) is 5.92. The van der Waals surface area contributed by atoms with Crippen molar-refractivity contribution >= 4 is 11.8 Å². The first-order valence-corrected chi connectivity index (χ1v) is 7.16. The Morgan fingerprint density at radius 3 is 3.11 bits per heavy atom. The minimum atomic E-state index is -0.544. The Morgan fingerprint density at radius 2 is 2.39 bits per heavy atom. The molecule has 0 saturated carbocycles. The number of nitrogens with one attached hydrogen (secondary N) is 1. The molecule has 1 unspecified atom stereocenters. The van der Waals surface area contributed by atoms with E-state index in [0.717, 1.165) is 12.3 Å². The third-order valence-electron chi connectivity index (χ3n) is 2.27. The molecular formula is C13H18N2O2S. The number of benzene rings is 1. The van der Waals surface area contributed by atoms with Crippen LogP contribution in [0.2, 0.25) is 0 Å². The van der Waals surface area contributed by atoms with Crippen LogP contribution in [0.1, 0.15) is 5.56 Å². The molecule has 0 aliphatic carbocycles. The number of rotatable bonds is 8. The van der Waals surface area contributed by atoms with E-state index in [1.54, 1.807) is 36.0 Å². The van der Waals surface area contributed by atoms with Gasteiger partial charge in [-0.25, -0.2) is 0 Å². The lowest BCUT2D eigenvalue weighted by atomic mass is 10.2. The first-order valence-electron chi connectivity index (χ1n) is 5.77. The first kappa shape index (κ1) is 14.8. The molecule has 0 heterocycles. The molecule has 4 nitrogen and oxygen atoms in total. The Labute approximate surface area is 112 Å². The molecule has 1 aromatic carbocycles. The van der Waals surface area contributed by atoms with Crippen LogP contribution in [-0.4, -0.2) is 42.9 Å². The molecule has 98 valence electrons. The topological polar surface area (TPSA) is 65.3 Å². The molecule has 2 N–H and O–H groups in total. The van der Waals surface area contributed by atoms with Crippen LogP contribution in [0.15, 0.2) is 24.3 Å². The molecular weight excluding hydrogens is 248 g/mol. The number of hydrogen-bond donors (Lipinski definition) is 2. The smallest absolute Gasteiger partial charge is 0.120 e. The van der Waals surface area contributed by atoms with Crippen LogP contribution in [0.5, 0.6) is 5.75 Å². The lowest BCUT2D eigenvalue weighted by molar-refractivity contribution is 0.107. The van der Waals surface area contributed by atoms with Gasteiger partial charge < -0.3 is 15.2 Å². The van der Waals surface area contributed by atoms with E-state index in [1.165, 1.54) is 0 Å². The molecule has 0 saturated heterocycles. The largest absolute Gasteiger partial charge is 0.491 e. The van der Waals surface area contributed by atoms with Gasteiger partial charge in [0.15, 0.2) is 0 Å². The molecule has 0 fully saturated rings. The standard InChI is InChI=1S/C13H18N2O2S/c1-18-6-5-15-9-12(16)10-17-13-4-2-3-11(7-13)8-14/h2-4,7,12,15-16H,5-6,9-10H2,1H3. The normalized spacial score (nSPS) is 11.8. The van der Waals surface area contributed by atoms with Gasteiger partial charge in [-0.3, -0.25) is 0 Å². The van der Waals surface area contributed by atoms with Crippen LogP contribution in [-0.2, 0) is 0 Å². The lowest BCUT2D eigenvalue weighted by Gasteiger charge is -2.13. The molecule has 0 aliphatic rings. The maximum absolute atomic E-state index is 9.68. The molecule has 0 spiro atoms. The van der Waals surface area contributed by atoms with Crippen LogP contribution < -0.4 is 10.1 Å². The highest BCUT2D eigenvalue weighted by molar-refractivity contribution is 7.98. The Morgan fingerprint density at radius 1 is 1.56 bits per heavy atom. The van der Waals surface area contributed by atoms with Gasteiger partial charge in [-0.05, 0) is 24.5 Å². The van der Waals surface area contributed by atoms with Crippen LogP contribution in [0.4, 0.5) is 0 Å². The van der Waals surface area contributed by atoms with Crippen molar-refractivity contribution in [3.8, 4) is 11.8 Å². The average molecular weight is 266 g/mol. The number of thioether (sulfide) groups is 1. The fourth-order valence-electron chi connectivity index (χ4n) is 1.35. The monoisotopic (exact) mass is 266 g/mol. The summed E-state index contributed by atoms with van der Waals surface area (Å²) in [5, 5.41) is 21.6. The van der Waals surface area contributed by atoms with Gasteiger partial charge in [0.2, 0.25) is 0 Å². The highest BCUT2D eigenvalue weighted by Gasteiger charge is 2.04. The highest BCUT2D eigenvalue weighted by atomic mass is 32.2. The van der Waals surface area contributed by atoms with Crippen LogP contribution >= 0.6 is 11.8 Å². The average Bonchev–Trinajstić information content (AvgIpc) is 2.41. The van der Waals surface area contributed by atoms with E-state index in [1.807, 2.05) is 12.3 Å². The Bertz CT molecular complexity index is 393. The van der Waals surface area contributed by atoms with Gasteiger partial charge in [0.1, 0.15) is 18.5 Å². The number of aliphatic hydroxyl groups excluding tert-OH is 1. The Kier molecular flexibility index (Phi) is 7.26. The number of nitriles is 1. The van der Waals surface area contributed by atoms with E-state index in [9.17, 15) is 5.11 Å². The lowest BCUT2D eigenvalue weighted by Crippen LogP contribution is -2.32. The predicted octanol–water partition coefficient (Wildman–Crippen LogP) is 1.25. The first-order chi connectivity index (χ1) is 8.76. The van der Waals surface area contributed by atoms with E-state index >= 15 is 0 Å². The Hall–Kier alpha value is -1.22. The fourth-order valence-corrected chi connectivity index (χ4v) is 1.70. The van der Waals surface area contributed by atoms with Gasteiger partial charge in [0, 0.05) is 18.8 Å². The maximum Gasteiger partial charge on any atom is 0.120 e. The number of aliphatic hydroxyl groups is 1. The molecule has 0 aromatic heterocycles. The molecule has 0 radical (unpaired) electrons. The zero-order chi connectivity index (χ0) is 13.2. The summed E-state index contributed by atoms with van der Waals surface area (Å²) in [5.74, 6) is 1.63. The van der Waals surface area contributed by atoms with Crippen LogP contribution in [0.3, 0.4) is 0 Å². The molecule has 0 amide bonds. The summed E-state index contributed by atoms with van der Waals surface area (Å²) in [5.41, 5.74) is 0.556. The van der Waals surface area contributed by atoms with Gasteiger partial charge in [-0.2, -0.15) is 17.0 Å². The van der Waals surface area contributed by atoms with Crippen molar-refractivity contribution in [1.29, 1.82) is 5.26 Å². The predicted molar refractivity (Wildman–Crippen MR) is 73.9 cm³/mol. The van der Waals surface area contributed by atoms with Crippen LogP contribution in [0, 0.1) is 11.3 Å². The summed E-state index contributed by atoms with van der Waals surface area (Å²) in [6.45, 7) is 1.61. The molecule has 1 rings (SSSR count). The summed E-state index contributed by atoms with van der Waals surface area (Å²) >= 11 is 1.76. The van der Waals surface area contributed by atoms with Crippen molar-refractivity contribution < 1.29 is 9.84 Å². The van der Waals surface area contributed by atoms with E-state index in [-0.39, 0.29) is 6.61 Å². The van der Waals surface area contributed by atoms with Crippen molar-refractivity contribution in [2.24, 2.45) is 0 Å². The zero-order valence-electron chi connectivity index (χ0n) is 10.4. The molecule has 0 aliphatic heterocycles. The van der Waals surface area contributed by atoms with E-state index in [4.69, 9.17) is 10.00 Å². The number of hydrogen-bond acceptors (Lipinski definition) is 5. The second-order valence-electron chi connectivity index (χ2n) is 3.80. The summed E-state index contributed by atoms with van der Waals surface area (Å²) in [6.07, 6.45) is 1.50. The molecule has 5 heteroatoms. The minimum absolute atomic E-state index is 0.223. The van der Waals surface area contributed by atoms with Gasteiger partial charge in [0.05, 0.1) is 11.6 Å². The summed E-state index contributed by atoms with van der Waals surface area (Å²) in [6, 6.07) is 8.96. The molecule has 1 aromatic rings. The zero-order valence-corrected chi connectivity index (χ0v) is 11.2. The number of nitrogens with zero attached hydrogens (tertiary/aromatic N) is 1. The highest BCUT2D eigenvalue weighted by Crippen LogP contribution is 2.12. The Balaban J connectivity index is 2.25.